The molecule has 0 saturated carbocycles. The maximum atomic E-state index is 13.6. The lowest BCUT2D eigenvalue weighted by Gasteiger charge is -2.19. The van der Waals surface area contributed by atoms with E-state index in [0.29, 0.717) is 53.4 Å². The van der Waals surface area contributed by atoms with E-state index in [1.54, 1.807) is 31.0 Å². The number of rotatable bonds is 12. The van der Waals surface area contributed by atoms with Gasteiger partial charge in [0.05, 0.1) is 40.2 Å². The molecule has 0 saturated heterocycles. The summed E-state index contributed by atoms with van der Waals surface area (Å²) >= 11 is 1.55. The van der Waals surface area contributed by atoms with Crippen LogP contribution in [0.4, 0.5) is 5.69 Å². The molecule has 2 amide bonds. The fraction of sp³-hybridized carbons (Fsp3) is 0.448. The Morgan fingerprint density at radius 2 is 1.78 bits per heavy atom. The minimum Gasteiger partial charge on any atom is -0.493 e. The average molecular weight is 588 g/mol. The maximum absolute atomic E-state index is 13.6. The maximum Gasteiger partial charge on any atom is 0.325 e. The predicted octanol–water partition coefficient (Wildman–Crippen LogP) is 2.69. The molecule has 2 unspecified atom stereocenters. The Kier molecular flexibility index (Phi) is 11.3. The minimum absolute atomic E-state index is 0.194. The number of nitrogens with one attached hydrogen (secondary N) is 3. The Morgan fingerprint density at radius 3 is 2.39 bits per heavy atom. The van der Waals surface area contributed by atoms with E-state index in [4.69, 9.17) is 14.2 Å². The van der Waals surface area contributed by atoms with Crippen LogP contribution in [0.3, 0.4) is 0 Å². The Bertz CT molecular complexity index is 1350. The van der Waals surface area contributed by atoms with Crippen LogP contribution in [0.2, 0.25) is 0 Å². The molecule has 0 aliphatic heterocycles. The summed E-state index contributed by atoms with van der Waals surface area (Å²) in [6.07, 6.45) is 3.43. The molecule has 0 fully saturated rings. The van der Waals surface area contributed by atoms with Crippen molar-refractivity contribution in [2.75, 3.05) is 52.3 Å². The lowest BCUT2D eigenvalue weighted by Crippen LogP contribution is -2.43. The molecule has 3 rings (SSSR count). The first-order valence-electron chi connectivity index (χ1n) is 13.1. The fourth-order valence-corrected chi connectivity index (χ4v) is 5.35. The number of anilines is 1. The number of esters is 1. The molecule has 0 spiro atoms. The molecular weight excluding hydrogens is 550 g/mol. The topological polar surface area (TPSA) is 141 Å². The van der Waals surface area contributed by atoms with Crippen LogP contribution in [0.1, 0.15) is 36.9 Å². The summed E-state index contributed by atoms with van der Waals surface area (Å²) in [5.74, 6) is 0.755. The van der Waals surface area contributed by atoms with Gasteiger partial charge < -0.3 is 34.9 Å². The number of thioether (sulfide) groups is 1. The number of ether oxygens (including phenoxy) is 4. The number of benzene rings is 1. The smallest absolute Gasteiger partial charge is 0.325 e. The zero-order valence-electron chi connectivity index (χ0n) is 24.2. The molecule has 0 radical (unpaired) electrons. The van der Waals surface area contributed by atoms with E-state index in [9.17, 15) is 19.2 Å². The molecule has 2 aromatic rings. The van der Waals surface area contributed by atoms with Crippen LogP contribution in [0.15, 0.2) is 29.1 Å². The normalized spacial score (nSPS) is 14.3. The molecule has 3 N–H and O–H groups in total. The molecule has 11 nitrogen and oxygen atoms in total. The summed E-state index contributed by atoms with van der Waals surface area (Å²) in [7, 11) is 5.84. The van der Waals surface area contributed by atoms with Crippen LogP contribution in [-0.4, -0.2) is 70.8 Å². The van der Waals surface area contributed by atoms with E-state index in [-0.39, 0.29) is 23.6 Å². The summed E-state index contributed by atoms with van der Waals surface area (Å²) < 4.78 is 21.6. The minimum atomic E-state index is -0.778. The summed E-state index contributed by atoms with van der Waals surface area (Å²) in [5.41, 5.74) is 2.75. The highest BCUT2D eigenvalue weighted by Crippen LogP contribution is 2.50. The van der Waals surface area contributed by atoms with Crippen molar-refractivity contribution in [3.63, 3.8) is 0 Å². The lowest BCUT2D eigenvalue weighted by atomic mass is 9.95. The molecule has 1 aliphatic rings. The van der Waals surface area contributed by atoms with E-state index in [2.05, 4.69) is 20.7 Å². The third-order valence-electron chi connectivity index (χ3n) is 6.81. The SMILES string of the molecule is COC(=O)CNC(=O)C(CCSC)Nc1ccc2c(cc1=O)C(NC(C)=O)CCc1cc(OC)c(OC)c(OC)c1-2. The molecule has 0 heterocycles. The number of methoxy groups -OCH3 is 4. The first kappa shape index (κ1) is 31.6. The highest BCUT2D eigenvalue weighted by atomic mass is 32.2. The lowest BCUT2D eigenvalue weighted by molar-refractivity contribution is -0.141. The number of aryl methyl sites for hydroxylation is 1. The van der Waals surface area contributed by atoms with Crippen molar-refractivity contribution in [3.8, 4) is 28.4 Å². The molecular formula is C29H37N3O8S. The molecule has 0 bridgehead atoms. The van der Waals surface area contributed by atoms with Gasteiger partial charge in [-0.3, -0.25) is 19.2 Å². The van der Waals surface area contributed by atoms with Gasteiger partial charge >= 0.3 is 5.97 Å². The van der Waals surface area contributed by atoms with E-state index in [1.807, 2.05) is 12.3 Å². The van der Waals surface area contributed by atoms with Crippen LogP contribution in [0.5, 0.6) is 17.2 Å². The largest absolute Gasteiger partial charge is 0.493 e. The summed E-state index contributed by atoms with van der Waals surface area (Å²) in [6.45, 7) is 1.15. The van der Waals surface area contributed by atoms with Gasteiger partial charge in [-0.05, 0) is 66.2 Å². The van der Waals surface area contributed by atoms with E-state index < -0.39 is 24.0 Å². The van der Waals surface area contributed by atoms with Crippen LogP contribution in [0.25, 0.3) is 11.1 Å². The van der Waals surface area contributed by atoms with Crippen molar-refractivity contribution in [1.29, 1.82) is 0 Å². The Morgan fingerprint density at radius 1 is 1.05 bits per heavy atom. The van der Waals surface area contributed by atoms with E-state index in [1.165, 1.54) is 34.3 Å². The number of hydrogen-bond acceptors (Lipinski definition) is 10. The fourth-order valence-electron chi connectivity index (χ4n) is 4.87. The molecule has 0 aromatic heterocycles. The number of carbonyl (C=O) groups excluding carboxylic acids is 3. The van der Waals surface area contributed by atoms with Crippen molar-refractivity contribution < 1.29 is 33.3 Å². The number of hydrogen-bond donors (Lipinski definition) is 3. The zero-order valence-corrected chi connectivity index (χ0v) is 25.0. The number of amides is 2. The van der Waals surface area contributed by atoms with Crippen LogP contribution in [-0.2, 0) is 25.5 Å². The van der Waals surface area contributed by atoms with Crippen molar-refractivity contribution >= 4 is 35.2 Å². The zero-order chi connectivity index (χ0) is 30.1. The molecule has 2 atom stereocenters. The van der Waals surface area contributed by atoms with Gasteiger partial charge in [0.25, 0.3) is 0 Å². The van der Waals surface area contributed by atoms with Crippen molar-refractivity contribution in [1.82, 2.24) is 10.6 Å². The molecule has 2 aromatic carbocycles. The third kappa shape index (κ3) is 7.43. The van der Waals surface area contributed by atoms with Gasteiger partial charge in [-0.15, -0.1) is 0 Å². The second-order valence-corrected chi connectivity index (χ2v) is 10.4. The van der Waals surface area contributed by atoms with Crippen molar-refractivity contribution in [3.05, 3.63) is 45.6 Å². The number of carbonyl (C=O) groups is 3. The summed E-state index contributed by atoms with van der Waals surface area (Å²) in [5, 5.41) is 8.61. The van der Waals surface area contributed by atoms with Gasteiger partial charge in [0, 0.05) is 12.5 Å². The summed E-state index contributed by atoms with van der Waals surface area (Å²) in [6, 6.07) is 5.54. The second-order valence-electron chi connectivity index (χ2n) is 9.37. The first-order chi connectivity index (χ1) is 19.7. The second kappa shape index (κ2) is 14.6. The average Bonchev–Trinajstić information content (AvgIpc) is 3.20. The summed E-state index contributed by atoms with van der Waals surface area (Å²) in [4.78, 5) is 50.3. The van der Waals surface area contributed by atoms with Gasteiger partial charge in [0.2, 0.25) is 23.0 Å². The third-order valence-corrected chi connectivity index (χ3v) is 7.45. The van der Waals surface area contributed by atoms with Crippen LogP contribution in [0, 0.1) is 0 Å². The standard InChI is InChI=1S/C29H37N3O8S/c1-16(33)31-20-9-7-17-13-24(37-2)27(39-4)28(40-5)26(17)18-8-10-21(23(34)14-19(18)20)32-22(11-12-41-6)29(36)30-15-25(35)38-3/h8,10,13-14,20,22H,7,9,11-12,15H2,1-6H3,(H,30,36)(H,31,33)(H,32,34). The van der Waals surface area contributed by atoms with Gasteiger partial charge in [0.1, 0.15) is 12.6 Å². The molecule has 12 heteroatoms. The van der Waals surface area contributed by atoms with Crippen molar-refractivity contribution in [2.45, 2.75) is 38.3 Å². The van der Waals surface area contributed by atoms with Crippen molar-refractivity contribution in [2.24, 2.45) is 0 Å². The predicted molar refractivity (Wildman–Crippen MR) is 158 cm³/mol. The van der Waals surface area contributed by atoms with Gasteiger partial charge in [-0.2, -0.15) is 11.8 Å². The molecule has 222 valence electrons. The van der Waals surface area contributed by atoms with Gasteiger partial charge in [-0.1, -0.05) is 6.07 Å². The quantitative estimate of drug-likeness (QED) is 0.318. The first-order valence-corrected chi connectivity index (χ1v) is 14.5. The Labute approximate surface area is 243 Å². The van der Waals surface area contributed by atoms with Gasteiger partial charge in [-0.25, -0.2) is 0 Å². The monoisotopic (exact) mass is 587 g/mol. The van der Waals surface area contributed by atoms with Crippen LogP contribution >= 0.6 is 11.8 Å². The van der Waals surface area contributed by atoms with Crippen LogP contribution < -0.4 is 35.6 Å². The van der Waals surface area contributed by atoms with E-state index in [0.717, 1.165) is 11.1 Å². The highest BCUT2D eigenvalue weighted by molar-refractivity contribution is 7.98. The molecule has 1 aliphatic carbocycles. The molecule has 41 heavy (non-hydrogen) atoms. The highest BCUT2D eigenvalue weighted by Gasteiger charge is 2.30. The number of fused-ring (bicyclic) bond motifs is 3. The van der Waals surface area contributed by atoms with E-state index >= 15 is 0 Å². The Balaban J connectivity index is 2.18. The Hall–Kier alpha value is -3.93. The van der Waals surface area contributed by atoms with Gasteiger partial charge in [0.15, 0.2) is 11.5 Å².